The van der Waals surface area contributed by atoms with E-state index in [-0.39, 0.29) is 6.61 Å². The summed E-state index contributed by atoms with van der Waals surface area (Å²) in [5.74, 6) is 0. The van der Waals surface area contributed by atoms with Crippen LogP contribution >= 0.6 is 0 Å². The lowest BCUT2D eigenvalue weighted by atomic mass is 10.2. The van der Waals surface area contributed by atoms with Crippen molar-refractivity contribution in [1.29, 1.82) is 0 Å². The fraction of sp³-hybridized carbons (Fsp3) is 0.455. The van der Waals surface area contributed by atoms with E-state index in [2.05, 4.69) is 0 Å². The lowest BCUT2D eigenvalue weighted by Gasteiger charge is -2.13. The van der Waals surface area contributed by atoms with Crippen molar-refractivity contribution in [3.63, 3.8) is 0 Å². The summed E-state index contributed by atoms with van der Waals surface area (Å²) in [5.41, 5.74) is 1.06. The van der Waals surface area contributed by atoms with E-state index < -0.39 is 12.2 Å². The van der Waals surface area contributed by atoms with E-state index in [4.69, 9.17) is 9.84 Å². The lowest BCUT2D eigenvalue weighted by molar-refractivity contribution is -0.0349. The molecule has 0 aromatic heterocycles. The minimum absolute atomic E-state index is 0.159. The summed E-state index contributed by atoms with van der Waals surface area (Å²) in [4.78, 5) is 0. The molecule has 2 N–H and O–H groups in total. The normalized spacial score (nSPS) is 15.1. The molecule has 0 saturated carbocycles. The molecule has 0 bridgehead atoms. The van der Waals surface area contributed by atoms with Gasteiger partial charge in [-0.2, -0.15) is 0 Å². The van der Waals surface area contributed by atoms with Gasteiger partial charge in [0.25, 0.3) is 0 Å². The third kappa shape index (κ3) is 3.87. The molecule has 14 heavy (non-hydrogen) atoms. The molecule has 0 unspecified atom stereocenters. The quantitative estimate of drug-likeness (QED) is 0.737. The Morgan fingerprint density at radius 1 is 1.21 bits per heavy atom. The van der Waals surface area contributed by atoms with Gasteiger partial charge in [-0.25, -0.2) is 0 Å². The van der Waals surface area contributed by atoms with Crippen LogP contribution in [0.25, 0.3) is 0 Å². The van der Waals surface area contributed by atoms with Gasteiger partial charge in [-0.3, -0.25) is 0 Å². The van der Waals surface area contributed by atoms with Crippen molar-refractivity contribution in [2.24, 2.45) is 0 Å². The van der Waals surface area contributed by atoms with Gasteiger partial charge in [0.1, 0.15) is 6.10 Å². The Morgan fingerprint density at radius 2 is 1.86 bits per heavy atom. The van der Waals surface area contributed by atoms with Crippen molar-refractivity contribution < 1.29 is 14.9 Å². The van der Waals surface area contributed by atoms with E-state index in [1.807, 2.05) is 30.3 Å². The minimum atomic E-state index is -0.807. The molecule has 0 aliphatic rings. The van der Waals surface area contributed by atoms with Gasteiger partial charge in [0, 0.05) is 0 Å². The molecule has 0 saturated heterocycles. The van der Waals surface area contributed by atoms with Crippen LogP contribution in [0.15, 0.2) is 30.3 Å². The molecule has 78 valence electrons. The molecule has 1 aromatic carbocycles. The summed E-state index contributed by atoms with van der Waals surface area (Å²) >= 11 is 0. The number of ether oxygens (including phenoxy) is 1. The van der Waals surface area contributed by atoms with E-state index in [0.717, 1.165) is 5.56 Å². The molecule has 1 rings (SSSR count). The van der Waals surface area contributed by atoms with Crippen LogP contribution in [0, 0.1) is 0 Å². The van der Waals surface area contributed by atoms with Crippen LogP contribution in [0.4, 0.5) is 0 Å². The fourth-order valence-electron chi connectivity index (χ4n) is 1.01. The van der Waals surface area contributed by atoms with Crippen LogP contribution in [0.3, 0.4) is 0 Å². The Balaban J connectivity index is 2.22. The summed E-state index contributed by atoms with van der Waals surface area (Å²) in [7, 11) is 0. The van der Waals surface area contributed by atoms with E-state index in [0.29, 0.717) is 6.61 Å². The van der Waals surface area contributed by atoms with Gasteiger partial charge in [-0.15, -0.1) is 0 Å². The molecular formula is C11H16O3. The van der Waals surface area contributed by atoms with Gasteiger partial charge in [-0.1, -0.05) is 30.3 Å². The molecule has 2 atom stereocenters. The van der Waals surface area contributed by atoms with Gasteiger partial charge in [0.2, 0.25) is 0 Å². The largest absolute Gasteiger partial charge is 0.391 e. The summed E-state index contributed by atoms with van der Waals surface area (Å²) in [5, 5.41) is 18.2. The number of aliphatic hydroxyl groups is 2. The van der Waals surface area contributed by atoms with Crippen LogP contribution in [0.2, 0.25) is 0 Å². The SMILES string of the molecule is C[C@H](O)[C@@H](O)COCc1ccccc1. The summed E-state index contributed by atoms with van der Waals surface area (Å²) in [6, 6.07) is 9.71. The highest BCUT2D eigenvalue weighted by molar-refractivity contribution is 5.13. The van der Waals surface area contributed by atoms with Crippen molar-refractivity contribution in [3.8, 4) is 0 Å². The van der Waals surface area contributed by atoms with Crippen LogP contribution < -0.4 is 0 Å². The van der Waals surface area contributed by atoms with Crippen LogP contribution in [-0.4, -0.2) is 29.0 Å². The third-order valence-corrected chi connectivity index (χ3v) is 1.96. The second-order valence-electron chi connectivity index (χ2n) is 3.31. The van der Waals surface area contributed by atoms with Crippen LogP contribution in [0.1, 0.15) is 12.5 Å². The maximum Gasteiger partial charge on any atom is 0.103 e. The Hall–Kier alpha value is -0.900. The Bertz CT molecular complexity index is 246. The van der Waals surface area contributed by atoms with E-state index in [1.54, 1.807) is 0 Å². The van der Waals surface area contributed by atoms with Crippen molar-refractivity contribution >= 4 is 0 Å². The smallest absolute Gasteiger partial charge is 0.103 e. The lowest BCUT2D eigenvalue weighted by Crippen LogP contribution is -2.27. The Morgan fingerprint density at radius 3 is 2.43 bits per heavy atom. The van der Waals surface area contributed by atoms with Gasteiger partial charge < -0.3 is 14.9 Å². The average Bonchev–Trinajstić information content (AvgIpc) is 2.19. The van der Waals surface area contributed by atoms with Gasteiger partial charge >= 0.3 is 0 Å². The van der Waals surface area contributed by atoms with Crippen molar-refractivity contribution in [2.75, 3.05) is 6.61 Å². The predicted octanol–water partition coefficient (Wildman–Crippen LogP) is 0.945. The molecule has 3 nitrogen and oxygen atoms in total. The molecule has 0 fully saturated rings. The second-order valence-corrected chi connectivity index (χ2v) is 3.31. The van der Waals surface area contributed by atoms with E-state index in [9.17, 15) is 5.11 Å². The highest BCUT2D eigenvalue weighted by atomic mass is 16.5. The number of aliphatic hydroxyl groups excluding tert-OH is 2. The predicted molar refractivity (Wildman–Crippen MR) is 53.8 cm³/mol. The first-order valence-electron chi connectivity index (χ1n) is 4.68. The molecule has 0 spiro atoms. The number of benzene rings is 1. The summed E-state index contributed by atoms with van der Waals surface area (Å²) in [6.07, 6.45) is -1.55. The second kappa shape index (κ2) is 5.75. The Kier molecular flexibility index (Phi) is 4.59. The zero-order valence-electron chi connectivity index (χ0n) is 8.26. The van der Waals surface area contributed by atoms with Crippen molar-refractivity contribution in [3.05, 3.63) is 35.9 Å². The molecule has 1 aromatic rings. The standard InChI is InChI=1S/C11H16O3/c1-9(12)11(13)8-14-7-10-5-3-2-4-6-10/h2-6,9,11-13H,7-8H2,1H3/t9-,11-/m0/s1. The van der Waals surface area contributed by atoms with Gasteiger partial charge in [0.15, 0.2) is 0 Å². The average molecular weight is 196 g/mol. The number of rotatable bonds is 5. The first kappa shape index (κ1) is 11.2. The van der Waals surface area contributed by atoms with Crippen molar-refractivity contribution in [2.45, 2.75) is 25.7 Å². The van der Waals surface area contributed by atoms with Crippen molar-refractivity contribution in [1.82, 2.24) is 0 Å². The number of hydrogen-bond acceptors (Lipinski definition) is 3. The molecule has 0 amide bonds. The third-order valence-electron chi connectivity index (χ3n) is 1.96. The molecule has 0 heterocycles. The molecule has 3 heteroatoms. The van der Waals surface area contributed by atoms with E-state index >= 15 is 0 Å². The van der Waals surface area contributed by atoms with Crippen LogP contribution in [0.5, 0.6) is 0 Å². The first-order valence-corrected chi connectivity index (χ1v) is 4.68. The number of hydrogen-bond donors (Lipinski definition) is 2. The van der Waals surface area contributed by atoms with Crippen LogP contribution in [-0.2, 0) is 11.3 Å². The molecule has 0 radical (unpaired) electrons. The van der Waals surface area contributed by atoms with Gasteiger partial charge in [0.05, 0.1) is 19.3 Å². The maximum atomic E-state index is 9.23. The zero-order valence-corrected chi connectivity index (χ0v) is 8.26. The Labute approximate surface area is 84.0 Å². The monoisotopic (exact) mass is 196 g/mol. The highest BCUT2D eigenvalue weighted by Gasteiger charge is 2.10. The van der Waals surface area contributed by atoms with Gasteiger partial charge in [-0.05, 0) is 12.5 Å². The fourth-order valence-corrected chi connectivity index (χ4v) is 1.01. The molecule has 0 aliphatic heterocycles. The summed E-state index contributed by atoms with van der Waals surface area (Å²) in [6.45, 7) is 2.16. The minimum Gasteiger partial charge on any atom is -0.391 e. The zero-order chi connectivity index (χ0) is 10.4. The maximum absolute atomic E-state index is 9.23. The highest BCUT2D eigenvalue weighted by Crippen LogP contribution is 2.01. The molecule has 0 aliphatic carbocycles. The summed E-state index contributed by atoms with van der Waals surface area (Å²) < 4.78 is 5.23. The van der Waals surface area contributed by atoms with E-state index in [1.165, 1.54) is 6.92 Å². The molecular weight excluding hydrogens is 180 g/mol. The topological polar surface area (TPSA) is 49.7 Å². The first-order chi connectivity index (χ1) is 6.70.